The van der Waals surface area contributed by atoms with E-state index in [4.69, 9.17) is 14.6 Å². The minimum absolute atomic E-state index is 0.103. The number of benzene rings is 2. The van der Waals surface area contributed by atoms with Crippen molar-refractivity contribution in [3.63, 3.8) is 0 Å². The number of hydrogen-bond donors (Lipinski definition) is 2. The van der Waals surface area contributed by atoms with E-state index in [2.05, 4.69) is 27.3 Å². The van der Waals surface area contributed by atoms with Gasteiger partial charge in [0.25, 0.3) is 0 Å². The lowest BCUT2D eigenvalue weighted by Crippen LogP contribution is -2.38. The third-order valence-electron chi connectivity index (χ3n) is 5.70. The molecular weight excluding hydrogens is 409 g/mol. The third-order valence-corrected chi connectivity index (χ3v) is 5.70. The van der Waals surface area contributed by atoms with E-state index in [0.717, 1.165) is 42.5 Å². The number of hydrogen-bond acceptors (Lipinski definition) is 6. The summed E-state index contributed by atoms with van der Waals surface area (Å²) in [5, 5.41) is 13.7. The van der Waals surface area contributed by atoms with Crippen LogP contribution in [0.25, 0.3) is 10.9 Å². The van der Waals surface area contributed by atoms with Gasteiger partial charge in [-0.05, 0) is 38.0 Å². The molecule has 2 N–H and O–H groups in total. The highest BCUT2D eigenvalue weighted by Gasteiger charge is 2.21. The van der Waals surface area contributed by atoms with Crippen LogP contribution < -0.4 is 14.8 Å². The number of rotatable bonds is 9. The summed E-state index contributed by atoms with van der Waals surface area (Å²) in [6.45, 7) is 4.59. The first-order chi connectivity index (χ1) is 15.7. The topological polar surface area (TPSA) is 66.9 Å². The Morgan fingerprint density at radius 3 is 2.69 bits per heavy atom. The monoisotopic (exact) mass is 439 g/mol. The molecule has 0 atom stereocenters. The lowest BCUT2D eigenvalue weighted by atomic mass is 10.0. The van der Waals surface area contributed by atoms with Crippen LogP contribution >= 0.6 is 0 Å². The minimum atomic E-state index is -0.316. The zero-order valence-corrected chi connectivity index (χ0v) is 18.4. The SMILES string of the molecule is CCOc1cc(CN2CCC(Nc3cnc4ccccc4c3)CC2)c(F)cc1OCCO. The Morgan fingerprint density at radius 1 is 1.12 bits per heavy atom. The second-order valence-electron chi connectivity index (χ2n) is 8.01. The number of anilines is 1. The highest BCUT2D eigenvalue weighted by molar-refractivity contribution is 5.81. The van der Waals surface area contributed by atoms with E-state index in [1.54, 1.807) is 6.07 Å². The van der Waals surface area contributed by atoms with Crippen molar-refractivity contribution in [2.75, 3.05) is 38.2 Å². The number of para-hydroxylation sites is 1. The summed E-state index contributed by atoms with van der Waals surface area (Å²) >= 11 is 0. The normalized spacial score (nSPS) is 15.1. The van der Waals surface area contributed by atoms with E-state index in [-0.39, 0.29) is 19.0 Å². The Kier molecular flexibility index (Phi) is 7.39. The van der Waals surface area contributed by atoms with Gasteiger partial charge in [-0.15, -0.1) is 0 Å². The molecule has 3 aromatic rings. The minimum Gasteiger partial charge on any atom is -0.490 e. The Bertz CT molecular complexity index is 1040. The second-order valence-corrected chi connectivity index (χ2v) is 8.01. The molecular formula is C25H30FN3O3. The van der Waals surface area contributed by atoms with Gasteiger partial charge in [0, 0.05) is 42.7 Å². The van der Waals surface area contributed by atoms with E-state index >= 15 is 0 Å². The standard InChI is InChI=1S/C25H30FN3O3/c1-2-31-24-14-19(22(26)15-25(24)32-12-11-30)17-29-9-7-20(8-10-29)28-21-13-18-5-3-4-6-23(18)27-16-21/h3-6,13-16,20,28,30H,2,7-12,17H2,1H3. The van der Waals surface area contributed by atoms with Crippen LogP contribution in [0.3, 0.4) is 0 Å². The Balaban J connectivity index is 1.35. The van der Waals surface area contributed by atoms with Gasteiger partial charge in [-0.1, -0.05) is 18.2 Å². The number of likely N-dealkylation sites (tertiary alicyclic amines) is 1. The molecule has 1 saturated heterocycles. The van der Waals surface area contributed by atoms with Crippen LogP contribution in [0.2, 0.25) is 0 Å². The van der Waals surface area contributed by atoms with Crippen LogP contribution in [0, 0.1) is 5.82 Å². The summed E-state index contributed by atoms with van der Waals surface area (Å²) in [6, 6.07) is 13.7. The van der Waals surface area contributed by atoms with Gasteiger partial charge in [0.2, 0.25) is 0 Å². The Hall–Kier alpha value is -2.90. The predicted molar refractivity (Wildman–Crippen MR) is 124 cm³/mol. The molecule has 32 heavy (non-hydrogen) atoms. The number of piperidine rings is 1. The van der Waals surface area contributed by atoms with Crippen LogP contribution in [0.4, 0.5) is 10.1 Å². The van der Waals surface area contributed by atoms with Crippen LogP contribution in [-0.4, -0.2) is 53.9 Å². The van der Waals surface area contributed by atoms with Crippen molar-refractivity contribution in [2.24, 2.45) is 0 Å². The Morgan fingerprint density at radius 2 is 1.91 bits per heavy atom. The molecule has 0 saturated carbocycles. The maximum atomic E-state index is 14.7. The fourth-order valence-corrected chi connectivity index (χ4v) is 4.10. The zero-order valence-electron chi connectivity index (χ0n) is 18.4. The average Bonchev–Trinajstić information content (AvgIpc) is 2.81. The molecule has 0 radical (unpaired) electrons. The quantitative estimate of drug-likeness (QED) is 0.520. The number of fused-ring (bicyclic) bond motifs is 1. The molecule has 4 rings (SSSR count). The van der Waals surface area contributed by atoms with Gasteiger partial charge in [0.15, 0.2) is 11.5 Å². The van der Waals surface area contributed by atoms with E-state index in [0.29, 0.717) is 36.3 Å². The Labute approximate surface area is 188 Å². The third kappa shape index (κ3) is 5.47. The molecule has 2 aromatic carbocycles. The van der Waals surface area contributed by atoms with Crippen molar-refractivity contribution in [1.29, 1.82) is 0 Å². The van der Waals surface area contributed by atoms with Gasteiger partial charge < -0.3 is 19.9 Å². The van der Waals surface area contributed by atoms with Crippen molar-refractivity contribution < 1.29 is 19.0 Å². The van der Waals surface area contributed by atoms with E-state index < -0.39 is 0 Å². The van der Waals surface area contributed by atoms with Crippen molar-refractivity contribution in [2.45, 2.75) is 32.4 Å². The maximum Gasteiger partial charge on any atom is 0.164 e. The number of pyridine rings is 1. The van der Waals surface area contributed by atoms with Gasteiger partial charge in [-0.25, -0.2) is 4.39 Å². The molecule has 2 heterocycles. The van der Waals surface area contributed by atoms with Gasteiger partial charge in [-0.3, -0.25) is 9.88 Å². The molecule has 1 aliphatic heterocycles. The largest absolute Gasteiger partial charge is 0.490 e. The molecule has 170 valence electrons. The molecule has 1 aliphatic rings. The molecule has 0 unspecified atom stereocenters. The first kappa shape index (κ1) is 22.3. The van der Waals surface area contributed by atoms with Gasteiger partial charge in [0.05, 0.1) is 30.6 Å². The number of aliphatic hydroxyl groups is 1. The summed E-state index contributed by atoms with van der Waals surface area (Å²) in [4.78, 5) is 6.79. The smallest absolute Gasteiger partial charge is 0.164 e. The molecule has 1 fully saturated rings. The van der Waals surface area contributed by atoms with E-state index in [1.165, 1.54) is 6.07 Å². The van der Waals surface area contributed by atoms with Crippen molar-refractivity contribution in [1.82, 2.24) is 9.88 Å². The number of aliphatic hydroxyl groups excluding tert-OH is 1. The predicted octanol–water partition coefficient (Wildman–Crippen LogP) is 4.22. The number of aromatic nitrogens is 1. The fraction of sp³-hybridized carbons (Fsp3) is 0.400. The summed E-state index contributed by atoms with van der Waals surface area (Å²) in [6.07, 6.45) is 3.84. The number of ether oxygens (including phenoxy) is 2. The van der Waals surface area contributed by atoms with Crippen LogP contribution in [0.1, 0.15) is 25.3 Å². The average molecular weight is 440 g/mol. The number of nitrogens with one attached hydrogen (secondary N) is 1. The molecule has 0 bridgehead atoms. The lowest BCUT2D eigenvalue weighted by Gasteiger charge is -2.33. The van der Waals surface area contributed by atoms with Gasteiger partial charge in [0.1, 0.15) is 12.4 Å². The summed E-state index contributed by atoms with van der Waals surface area (Å²) < 4.78 is 25.7. The number of halogens is 1. The fourth-order valence-electron chi connectivity index (χ4n) is 4.10. The molecule has 0 spiro atoms. The van der Waals surface area contributed by atoms with Crippen LogP contribution in [-0.2, 0) is 6.54 Å². The van der Waals surface area contributed by atoms with Crippen molar-refractivity contribution >= 4 is 16.6 Å². The molecule has 6 nitrogen and oxygen atoms in total. The van der Waals surface area contributed by atoms with Gasteiger partial charge >= 0.3 is 0 Å². The van der Waals surface area contributed by atoms with E-state index in [9.17, 15) is 4.39 Å². The molecule has 0 aliphatic carbocycles. The molecule has 0 amide bonds. The molecule has 7 heteroatoms. The number of nitrogens with zero attached hydrogens (tertiary/aromatic N) is 2. The maximum absolute atomic E-state index is 14.7. The zero-order chi connectivity index (χ0) is 22.3. The first-order valence-corrected chi connectivity index (χ1v) is 11.2. The van der Waals surface area contributed by atoms with Crippen molar-refractivity contribution in [3.8, 4) is 11.5 Å². The lowest BCUT2D eigenvalue weighted by molar-refractivity contribution is 0.192. The van der Waals surface area contributed by atoms with Crippen molar-refractivity contribution in [3.05, 3.63) is 60.0 Å². The summed E-state index contributed by atoms with van der Waals surface area (Å²) in [5.74, 6) is 0.524. The molecule has 1 aromatic heterocycles. The highest BCUT2D eigenvalue weighted by atomic mass is 19.1. The van der Waals surface area contributed by atoms with Crippen LogP contribution in [0.15, 0.2) is 48.7 Å². The van der Waals surface area contributed by atoms with E-state index in [1.807, 2.05) is 31.3 Å². The second kappa shape index (κ2) is 10.6. The summed E-state index contributed by atoms with van der Waals surface area (Å²) in [7, 11) is 0. The summed E-state index contributed by atoms with van der Waals surface area (Å²) in [5.41, 5.74) is 2.62. The highest BCUT2D eigenvalue weighted by Crippen LogP contribution is 2.32. The van der Waals surface area contributed by atoms with Gasteiger partial charge in [-0.2, -0.15) is 0 Å². The first-order valence-electron chi connectivity index (χ1n) is 11.2. The van der Waals surface area contributed by atoms with Crippen LogP contribution in [0.5, 0.6) is 11.5 Å².